The first-order valence-electron chi connectivity index (χ1n) is 9.09. The van der Waals surface area contributed by atoms with Crippen LogP contribution in [0.15, 0.2) is 52.4 Å². The Labute approximate surface area is 178 Å². The number of nitrogens with zero attached hydrogens (tertiary/aromatic N) is 2. The van der Waals surface area contributed by atoms with Gasteiger partial charge < -0.3 is 9.64 Å². The van der Waals surface area contributed by atoms with Crippen molar-refractivity contribution >= 4 is 52.1 Å². The first kappa shape index (κ1) is 19.4. The fourth-order valence-corrected chi connectivity index (χ4v) is 4.39. The smallest absolute Gasteiger partial charge is 0.286 e. The van der Waals surface area contributed by atoms with Crippen molar-refractivity contribution in [2.45, 2.75) is 19.3 Å². The lowest BCUT2D eigenvalue weighted by Crippen LogP contribution is -2.33. The molecule has 2 aliphatic heterocycles. The lowest BCUT2D eigenvalue weighted by Gasteiger charge is -2.27. The van der Waals surface area contributed by atoms with Crippen molar-refractivity contribution in [2.75, 3.05) is 13.1 Å². The standard InChI is InChI=1S/C21H18Cl2N2O2S/c22-15-5-8-16(9-6-15)27-17-7-4-14(18(23)13-17)12-19-20(26)24-21(28-19)25-10-2-1-3-11-25/h4-9,12-13H,1-3,10-11H2. The van der Waals surface area contributed by atoms with Crippen molar-refractivity contribution in [3.05, 3.63) is 63.0 Å². The Bertz CT molecular complexity index is 951. The number of benzene rings is 2. The van der Waals surface area contributed by atoms with Gasteiger partial charge in [0.25, 0.3) is 5.91 Å². The van der Waals surface area contributed by atoms with Gasteiger partial charge in [-0.2, -0.15) is 4.99 Å². The molecule has 2 aliphatic rings. The zero-order chi connectivity index (χ0) is 19.5. The topological polar surface area (TPSA) is 41.9 Å². The zero-order valence-electron chi connectivity index (χ0n) is 15.0. The van der Waals surface area contributed by atoms with Gasteiger partial charge in [0.15, 0.2) is 5.17 Å². The molecule has 1 amide bonds. The summed E-state index contributed by atoms with van der Waals surface area (Å²) < 4.78 is 5.79. The van der Waals surface area contributed by atoms with Gasteiger partial charge in [-0.1, -0.05) is 23.2 Å². The quantitative estimate of drug-likeness (QED) is 0.538. The molecule has 0 atom stereocenters. The lowest BCUT2D eigenvalue weighted by atomic mass is 10.1. The van der Waals surface area contributed by atoms with Crippen LogP contribution in [0, 0.1) is 0 Å². The van der Waals surface area contributed by atoms with Crippen LogP contribution >= 0.6 is 35.0 Å². The Morgan fingerprint density at radius 3 is 2.43 bits per heavy atom. The molecule has 4 rings (SSSR count). The van der Waals surface area contributed by atoms with E-state index in [0.29, 0.717) is 26.4 Å². The Balaban J connectivity index is 1.47. The minimum Gasteiger partial charge on any atom is -0.457 e. The zero-order valence-corrected chi connectivity index (χ0v) is 17.4. The van der Waals surface area contributed by atoms with Crippen LogP contribution in [-0.2, 0) is 4.79 Å². The summed E-state index contributed by atoms with van der Waals surface area (Å²) in [6.45, 7) is 1.92. The molecule has 0 radical (unpaired) electrons. The Hall–Kier alpha value is -1.95. The first-order valence-corrected chi connectivity index (χ1v) is 10.7. The minimum absolute atomic E-state index is 0.205. The van der Waals surface area contributed by atoms with E-state index >= 15 is 0 Å². The number of carbonyl (C=O) groups excluding carboxylic acids is 1. The normalized spacial score (nSPS) is 18.5. The highest BCUT2D eigenvalue weighted by Crippen LogP contribution is 2.34. The van der Waals surface area contributed by atoms with Gasteiger partial charge in [0.2, 0.25) is 0 Å². The van der Waals surface area contributed by atoms with E-state index < -0.39 is 0 Å². The number of hydrogen-bond donors (Lipinski definition) is 0. The van der Waals surface area contributed by atoms with E-state index in [4.69, 9.17) is 27.9 Å². The van der Waals surface area contributed by atoms with Crippen LogP contribution in [-0.4, -0.2) is 29.1 Å². The molecule has 0 spiro atoms. The van der Waals surface area contributed by atoms with Gasteiger partial charge in [-0.05, 0) is 85.1 Å². The fraction of sp³-hybridized carbons (Fsp3) is 0.238. The van der Waals surface area contributed by atoms with Gasteiger partial charge in [-0.3, -0.25) is 4.79 Å². The number of hydrogen-bond acceptors (Lipinski definition) is 4. The van der Waals surface area contributed by atoms with E-state index in [1.807, 2.05) is 12.1 Å². The van der Waals surface area contributed by atoms with E-state index in [1.54, 1.807) is 36.4 Å². The number of thioether (sulfide) groups is 1. The molecular weight excluding hydrogens is 415 g/mol. The van der Waals surface area contributed by atoms with Crippen molar-refractivity contribution < 1.29 is 9.53 Å². The molecule has 0 saturated carbocycles. The highest BCUT2D eigenvalue weighted by molar-refractivity contribution is 8.18. The summed E-state index contributed by atoms with van der Waals surface area (Å²) in [5, 5.41) is 1.96. The first-order chi connectivity index (χ1) is 13.6. The average molecular weight is 433 g/mol. The Kier molecular flexibility index (Phi) is 5.95. The Morgan fingerprint density at radius 2 is 1.71 bits per heavy atom. The number of likely N-dealkylation sites (tertiary alicyclic amines) is 1. The maximum absolute atomic E-state index is 12.3. The monoisotopic (exact) mass is 432 g/mol. The maximum atomic E-state index is 12.3. The summed E-state index contributed by atoms with van der Waals surface area (Å²) in [6, 6.07) is 12.5. The van der Waals surface area contributed by atoms with Gasteiger partial charge in [0.1, 0.15) is 11.5 Å². The second kappa shape index (κ2) is 8.60. The van der Waals surface area contributed by atoms with Gasteiger partial charge in [0.05, 0.1) is 9.93 Å². The van der Waals surface area contributed by atoms with Crippen LogP contribution in [0.1, 0.15) is 24.8 Å². The van der Waals surface area contributed by atoms with Gasteiger partial charge in [-0.25, -0.2) is 0 Å². The molecule has 0 bridgehead atoms. The third-order valence-electron chi connectivity index (χ3n) is 4.54. The molecule has 2 aromatic carbocycles. The molecule has 7 heteroatoms. The molecule has 1 saturated heterocycles. The van der Waals surface area contributed by atoms with Gasteiger partial charge in [0, 0.05) is 18.1 Å². The third-order valence-corrected chi connectivity index (χ3v) is 6.17. The van der Waals surface area contributed by atoms with Crippen molar-refractivity contribution in [2.24, 2.45) is 4.99 Å². The van der Waals surface area contributed by atoms with Crippen LogP contribution in [0.25, 0.3) is 6.08 Å². The molecule has 0 N–H and O–H groups in total. The summed E-state index contributed by atoms with van der Waals surface area (Å²) in [5.74, 6) is 1.08. The van der Waals surface area contributed by atoms with Crippen LogP contribution in [0.2, 0.25) is 10.0 Å². The Morgan fingerprint density at radius 1 is 1.00 bits per heavy atom. The lowest BCUT2D eigenvalue weighted by molar-refractivity contribution is -0.113. The predicted octanol–water partition coefficient (Wildman–Crippen LogP) is 6.24. The van der Waals surface area contributed by atoms with E-state index in [9.17, 15) is 4.79 Å². The number of aliphatic imine (C=N–C) groups is 1. The fourth-order valence-electron chi connectivity index (χ4n) is 3.09. The molecule has 0 aromatic heterocycles. The summed E-state index contributed by atoms with van der Waals surface area (Å²) in [4.78, 5) is 19.3. The number of rotatable bonds is 3. The van der Waals surface area contributed by atoms with E-state index in [-0.39, 0.29) is 5.91 Å². The minimum atomic E-state index is -0.205. The summed E-state index contributed by atoms with van der Waals surface area (Å²) in [6.07, 6.45) is 5.33. The molecule has 4 nitrogen and oxygen atoms in total. The van der Waals surface area contributed by atoms with Crippen LogP contribution in [0.4, 0.5) is 0 Å². The second-order valence-electron chi connectivity index (χ2n) is 6.60. The number of amides is 1. The van der Waals surface area contributed by atoms with Crippen LogP contribution in [0.5, 0.6) is 11.5 Å². The molecular formula is C21H18Cl2N2O2S. The second-order valence-corrected chi connectivity index (χ2v) is 8.45. The van der Waals surface area contributed by atoms with Gasteiger partial charge >= 0.3 is 0 Å². The number of piperidine rings is 1. The summed E-state index contributed by atoms with van der Waals surface area (Å²) in [7, 11) is 0. The summed E-state index contributed by atoms with van der Waals surface area (Å²) in [5.41, 5.74) is 0.760. The molecule has 0 unspecified atom stereocenters. The third kappa shape index (κ3) is 4.54. The number of ether oxygens (including phenoxy) is 1. The van der Waals surface area contributed by atoms with Crippen molar-refractivity contribution in [3.8, 4) is 11.5 Å². The van der Waals surface area contributed by atoms with Crippen LogP contribution in [0.3, 0.4) is 0 Å². The molecule has 1 fully saturated rings. The highest BCUT2D eigenvalue weighted by Gasteiger charge is 2.27. The van der Waals surface area contributed by atoms with Crippen molar-refractivity contribution in [1.82, 2.24) is 4.90 Å². The maximum Gasteiger partial charge on any atom is 0.286 e. The van der Waals surface area contributed by atoms with E-state index in [2.05, 4.69) is 9.89 Å². The van der Waals surface area contributed by atoms with Gasteiger partial charge in [-0.15, -0.1) is 0 Å². The molecule has 2 aromatic rings. The summed E-state index contributed by atoms with van der Waals surface area (Å²) >= 11 is 13.7. The van der Waals surface area contributed by atoms with Crippen LogP contribution < -0.4 is 4.74 Å². The molecule has 28 heavy (non-hydrogen) atoms. The average Bonchev–Trinajstić information content (AvgIpc) is 3.07. The van der Waals surface area contributed by atoms with E-state index in [1.165, 1.54) is 18.2 Å². The largest absolute Gasteiger partial charge is 0.457 e. The predicted molar refractivity (Wildman–Crippen MR) is 116 cm³/mol. The van der Waals surface area contributed by atoms with E-state index in [0.717, 1.165) is 36.7 Å². The SMILES string of the molecule is O=C1N=C(N2CCCCC2)SC1=Cc1ccc(Oc2ccc(Cl)cc2)cc1Cl. The molecule has 0 aliphatic carbocycles. The molecule has 2 heterocycles. The van der Waals surface area contributed by atoms with Crippen molar-refractivity contribution in [1.29, 1.82) is 0 Å². The highest BCUT2D eigenvalue weighted by atomic mass is 35.5. The van der Waals surface area contributed by atoms with Crippen molar-refractivity contribution in [3.63, 3.8) is 0 Å². The molecule has 144 valence electrons. The number of carbonyl (C=O) groups is 1. The number of halogens is 2. The number of amidine groups is 1.